The number of alkyl halides is 3. The molecule has 0 atom stereocenters. The van der Waals surface area contributed by atoms with Crippen LogP contribution in [0.25, 0.3) is 0 Å². The van der Waals surface area contributed by atoms with Crippen molar-refractivity contribution in [2.75, 3.05) is 0 Å². The Balaban J connectivity index is 1.94. The number of nitrogens with zero attached hydrogens (tertiary/aromatic N) is 2. The topological polar surface area (TPSA) is 66.2 Å². The number of aromatic nitrogens is 2. The monoisotopic (exact) mass is 324 g/mol. The van der Waals surface area contributed by atoms with Gasteiger partial charge in [-0.2, -0.15) is 13.2 Å². The first-order chi connectivity index (χ1) is 10.8. The minimum atomic E-state index is -4.50. The molecule has 2 N–H and O–H groups in total. The number of pyridine rings is 2. The molecule has 0 bridgehead atoms. The van der Waals surface area contributed by atoms with Gasteiger partial charge in [0, 0.05) is 17.3 Å². The molecule has 0 spiro atoms. The highest BCUT2D eigenvalue weighted by atomic mass is 19.4. The molecular formula is C16H15F3N2O2. The van der Waals surface area contributed by atoms with E-state index in [1.807, 2.05) is 0 Å². The van der Waals surface area contributed by atoms with Crippen molar-refractivity contribution >= 4 is 0 Å². The number of hydrogen-bond acceptors (Lipinski definition) is 4. The summed E-state index contributed by atoms with van der Waals surface area (Å²) in [6.07, 6.45) is -1.45. The van der Waals surface area contributed by atoms with Crippen LogP contribution in [0, 0.1) is 0 Å². The van der Waals surface area contributed by atoms with Crippen molar-refractivity contribution in [3.05, 3.63) is 53.6 Å². The lowest BCUT2D eigenvalue weighted by Crippen LogP contribution is -2.46. The summed E-state index contributed by atoms with van der Waals surface area (Å²) in [4.78, 5) is 7.48. The molecule has 0 unspecified atom stereocenters. The second-order valence-electron chi connectivity index (χ2n) is 5.95. The highest BCUT2D eigenvalue weighted by molar-refractivity contribution is 5.33. The number of hydrogen-bond donors (Lipinski definition) is 2. The summed E-state index contributed by atoms with van der Waals surface area (Å²) in [5.74, 6) is 0.0275. The van der Waals surface area contributed by atoms with Crippen molar-refractivity contribution in [2.24, 2.45) is 0 Å². The van der Waals surface area contributed by atoms with E-state index in [-0.39, 0.29) is 5.75 Å². The Hall–Kier alpha value is -2.15. The van der Waals surface area contributed by atoms with Crippen molar-refractivity contribution in [1.29, 1.82) is 0 Å². The van der Waals surface area contributed by atoms with Gasteiger partial charge in [0.15, 0.2) is 0 Å². The smallest absolute Gasteiger partial charge is 0.433 e. The van der Waals surface area contributed by atoms with Gasteiger partial charge in [-0.3, -0.25) is 9.97 Å². The van der Waals surface area contributed by atoms with Crippen molar-refractivity contribution in [1.82, 2.24) is 9.97 Å². The van der Waals surface area contributed by atoms with Gasteiger partial charge in [-0.05, 0) is 49.1 Å². The molecule has 7 heteroatoms. The van der Waals surface area contributed by atoms with E-state index in [0.717, 1.165) is 12.3 Å². The summed E-state index contributed by atoms with van der Waals surface area (Å²) in [5, 5.41) is 19.0. The first-order valence-corrected chi connectivity index (χ1v) is 7.14. The van der Waals surface area contributed by atoms with Crippen LogP contribution >= 0.6 is 0 Å². The molecule has 0 amide bonds. The molecule has 1 fully saturated rings. The Morgan fingerprint density at radius 1 is 1.17 bits per heavy atom. The van der Waals surface area contributed by atoms with E-state index in [0.29, 0.717) is 30.5 Å². The molecular weight excluding hydrogens is 309 g/mol. The zero-order chi connectivity index (χ0) is 16.7. The summed E-state index contributed by atoms with van der Waals surface area (Å²) < 4.78 is 38.6. The predicted molar refractivity (Wildman–Crippen MR) is 75.8 cm³/mol. The maximum Gasteiger partial charge on any atom is 0.433 e. The van der Waals surface area contributed by atoms with Crippen LogP contribution in [0.3, 0.4) is 0 Å². The van der Waals surface area contributed by atoms with Gasteiger partial charge < -0.3 is 10.2 Å². The molecule has 122 valence electrons. The van der Waals surface area contributed by atoms with E-state index >= 15 is 0 Å². The van der Waals surface area contributed by atoms with Crippen molar-refractivity contribution < 1.29 is 23.4 Å². The molecule has 0 aromatic carbocycles. The van der Waals surface area contributed by atoms with Gasteiger partial charge in [0.2, 0.25) is 0 Å². The molecule has 3 rings (SSSR count). The summed E-state index contributed by atoms with van der Waals surface area (Å²) in [6, 6.07) is 5.72. The largest absolute Gasteiger partial charge is 0.506 e. The molecule has 2 aromatic heterocycles. The van der Waals surface area contributed by atoms with Crippen LogP contribution < -0.4 is 0 Å². The summed E-state index contributed by atoms with van der Waals surface area (Å²) in [7, 11) is 0. The molecule has 2 heterocycles. The Bertz CT molecular complexity index is 695. The lowest BCUT2D eigenvalue weighted by molar-refractivity contribution is -0.141. The molecule has 4 nitrogen and oxygen atoms in total. The molecule has 0 aliphatic heterocycles. The van der Waals surface area contributed by atoms with Gasteiger partial charge >= 0.3 is 6.18 Å². The molecule has 1 aliphatic rings. The Labute approximate surface area is 130 Å². The molecule has 23 heavy (non-hydrogen) atoms. The Morgan fingerprint density at radius 2 is 1.91 bits per heavy atom. The lowest BCUT2D eigenvalue weighted by Gasteiger charge is -2.46. The average molecular weight is 324 g/mol. The van der Waals surface area contributed by atoms with Gasteiger partial charge in [-0.25, -0.2) is 0 Å². The third-order valence-electron chi connectivity index (χ3n) is 4.24. The van der Waals surface area contributed by atoms with Crippen LogP contribution in [0.2, 0.25) is 0 Å². The average Bonchev–Trinajstić information content (AvgIpc) is 2.47. The van der Waals surface area contributed by atoms with Crippen LogP contribution in [0.5, 0.6) is 5.75 Å². The van der Waals surface area contributed by atoms with Crippen LogP contribution in [-0.4, -0.2) is 26.3 Å². The lowest BCUT2D eigenvalue weighted by atomic mass is 9.60. The summed E-state index contributed by atoms with van der Waals surface area (Å²) in [6.45, 7) is 0. The minimum absolute atomic E-state index is 0.0275. The SMILES string of the molecule is Oc1ccc(C[C@]2(c3ccnc(C(F)(F)F)c3)C[C@H](O)C2)nc1. The normalized spacial score (nSPS) is 24.3. The van der Waals surface area contributed by atoms with E-state index in [9.17, 15) is 23.4 Å². The Kier molecular flexibility index (Phi) is 3.75. The van der Waals surface area contributed by atoms with Gasteiger partial charge in [-0.1, -0.05) is 0 Å². The maximum atomic E-state index is 12.9. The summed E-state index contributed by atoms with van der Waals surface area (Å²) in [5.41, 5.74) is -0.374. The zero-order valence-electron chi connectivity index (χ0n) is 12.1. The molecule has 0 saturated heterocycles. The first-order valence-electron chi connectivity index (χ1n) is 7.14. The summed E-state index contributed by atoms with van der Waals surface area (Å²) >= 11 is 0. The number of aromatic hydroxyl groups is 1. The highest BCUT2D eigenvalue weighted by Gasteiger charge is 2.46. The van der Waals surface area contributed by atoms with Gasteiger partial charge in [0.05, 0.1) is 12.3 Å². The van der Waals surface area contributed by atoms with Gasteiger partial charge in [0.25, 0.3) is 0 Å². The van der Waals surface area contributed by atoms with Crippen molar-refractivity contribution in [3.63, 3.8) is 0 Å². The fourth-order valence-electron chi connectivity index (χ4n) is 3.11. The van der Waals surface area contributed by atoms with Crippen molar-refractivity contribution in [2.45, 2.75) is 37.0 Å². The van der Waals surface area contributed by atoms with Crippen LogP contribution in [-0.2, 0) is 18.0 Å². The number of aliphatic hydroxyl groups excluding tert-OH is 1. The maximum absolute atomic E-state index is 12.9. The molecule has 1 aliphatic carbocycles. The first kappa shape index (κ1) is 15.7. The van der Waals surface area contributed by atoms with E-state index < -0.39 is 23.4 Å². The zero-order valence-corrected chi connectivity index (χ0v) is 12.1. The Morgan fingerprint density at radius 3 is 2.48 bits per heavy atom. The molecule has 2 aromatic rings. The fourth-order valence-corrected chi connectivity index (χ4v) is 3.11. The third kappa shape index (κ3) is 3.14. The van der Waals surface area contributed by atoms with Gasteiger partial charge in [-0.15, -0.1) is 0 Å². The van der Waals surface area contributed by atoms with Crippen LogP contribution in [0.4, 0.5) is 13.2 Å². The van der Waals surface area contributed by atoms with Crippen LogP contribution in [0.15, 0.2) is 36.7 Å². The minimum Gasteiger partial charge on any atom is -0.506 e. The van der Waals surface area contributed by atoms with Gasteiger partial charge in [0.1, 0.15) is 11.4 Å². The van der Waals surface area contributed by atoms with E-state index in [4.69, 9.17) is 0 Å². The highest BCUT2D eigenvalue weighted by Crippen LogP contribution is 2.47. The third-order valence-corrected chi connectivity index (χ3v) is 4.24. The second-order valence-corrected chi connectivity index (χ2v) is 5.95. The number of halogens is 3. The number of aliphatic hydroxyl groups is 1. The van der Waals surface area contributed by atoms with E-state index in [1.54, 1.807) is 12.1 Å². The van der Waals surface area contributed by atoms with Crippen LogP contribution in [0.1, 0.15) is 29.8 Å². The van der Waals surface area contributed by atoms with Crippen molar-refractivity contribution in [3.8, 4) is 5.75 Å². The molecule has 1 saturated carbocycles. The standard InChI is InChI=1S/C16H15F3N2O2/c17-16(18,19)14-5-10(3-4-20-14)15(7-13(23)8-15)6-11-1-2-12(22)9-21-11/h1-5,9,13,22-23H,6-8H2/t13-,15-. The quantitative estimate of drug-likeness (QED) is 0.911. The molecule has 0 radical (unpaired) electrons. The second kappa shape index (κ2) is 5.49. The fraction of sp³-hybridized carbons (Fsp3) is 0.375. The van der Waals surface area contributed by atoms with E-state index in [1.165, 1.54) is 12.3 Å². The van der Waals surface area contributed by atoms with E-state index in [2.05, 4.69) is 9.97 Å². The predicted octanol–water partition coefficient (Wildman–Crippen LogP) is 2.84. The number of rotatable bonds is 3.